The Kier molecular flexibility index (Phi) is 4.61. The first-order valence-electron chi connectivity index (χ1n) is 7.28. The van der Waals surface area contributed by atoms with Gasteiger partial charge < -0.3 is 4.74 Å². The summed E-state index contributed by atoms with van der Waals surface area (Å²) in [5.41, 5.74) is 4.30. The topological polar surface area (TPSA) is 47.3 Å². The number of ether oxygens (including phenoxy) is 1. The van der Waals surface area contributed by atoms with Crippen LogP contribution < -0.4 is 11.3 Å². The molecule has 19 heavy (non-hydrogen) atoms. The predicted octanol–water partition coefficient (Wildman–Crippen LogP) is 2.83. The van der Waals surface area contributed by atoms with Crippen LogP contribution in [-0.2, 0) is 4.74 Å². The number of hydrogen-bond acceptors (Lipinski definition) is 3. The summed E-state index contributed by atoms with van der Waals surface area (Å²) in [4.78, 5) is 0. The van der Waals surface area contributed by atoms with E-state index < -0.39 is 0 Å². The number of nitrogens with one attached hydrogen (secondary N) is 1. The van der Waals surface area contributed by atoms with Crippen LogP contribution in [0.3, 0.4) is 0 Å². The first-order chi connectivity index (χ1) is 9.22. The molecular weight excluding hydrogens is 236 g/mol. The minimum atomic E-state index is -0.150. The number of nitrogens with two attached hydrogens (primary N) is 1. The average molecular weight is 262 g/mol. The molecule has 0 bridgehead atoms. The minimum Gasteiger partial charge on any atom is -0.377 e. The first kappa shape index (κ1) is 14.5. The molecule has 3 atom stereocenters. The number of benzene rings is 1. The summed E-state index contributed by atoms with van der Waals surface area (Å²) in [6.07, 6.45) is 3.16. The molecule has 1 saturated carbocycles. The van der Waals surface area contributed by atoms with E-state index in [4.69, 9.17) is 10.6 Å². The summed E-state index contributed by atoms with van der Waals surface area (Å²) >= 11 is 0. The fraction of sp³-hybridized carbons (Fsp3) is 0.625. The van der Waals surface area contributed by atoms with Crippen LogP contribution in [0, 0.1) is 5.92 Å². The van der Waals surface area contributed by atoms with E-state index in [0.29, 0.717) is 11.8 Å². The van der Waals surface area contributed by atoms with Crippen LogP contribution in [0.25, 0.3) is 0 Å². The zero-order valence-electron chi connectivity index (χ0n) is 12.2. The molecule has 1 aliphatic rings. The van der Waals surface area contributed by atoms with E-state index in [1.165, 1.54) is 12.0 Å². The van der Waals surface area contributed by atoms with Crippen molar-refractivity contribution in [2.75, 3.05) is 7.11 Å². The predicted molar refractivity (Wildman–Crippen MR) is 78.7 cm³/mol. The largest absolute Gasteiger partial charge is 0.377 e. The van der Waals surface area contributed by atoms with Crippen molar-refractivity contribution in [2.45, 2.75) is 50.7 Å². The monoisotopic (exact) mass is 262 g/mol. The van der Waals surface area contributed by atoms with Gasteiger partial charge in [0.15, 0.2) is 0 Å². The van der Waals surface area contributed by atoms with Gasteiger partial charge in [-0.2, -0.15) is 0 Å². The summed E-state index contributed by atoms with van der Waals surface area (Å²) in [5.74, 6) is 7.03. The van der Waals surface area contributed by atoms with Crippen LogP contribution in [0.5, 0.6) is 0 Å². The van der Waals surface area contributed by atoms with Crippen molar-refractivity contribution in [1.29, 1.82) is 0 Å². The van der Waals surface area contributed by atoms with E-state index in [1.54, 1.807) is 7.11 Å². The molecule has 1 aliphatic carbocycles. The van der Waals surface area contributed by atoms with Crippen molar-refractivity contribution in [3.05, 3.63) is 35.9 Å². The lowest BCUT2D eigenvalue weighted by Crippen LogP contribution is -2.55. The van der Waals surface area contributed by atoms with Crippen molar-refractivity contribution in [2.24, 2.45) is 11.8 Å². The first-order valence-corrected chi connectivity index (χ1v) is 7.28. The van der Waals surface area contributed by atoms with Gasteiger partial charge in [0, 0.05) is 7.11 Å². The Morgan fingerprint density at radius 2 is 1.95 bits per heavy atom. The Morgan fingerprint density at radius 1 is 1.32 bits per heavy atom. The maximum Gasteiger partial charge on any atom is 0.0842 e. The smallest absolute Gasteiger partial charge is 0.0842 e. The molecule has 0 aromatic heterocycles. The summed E-state index contributed by atoms with van der Waals surface area (Å²) < 4.78 is 5.83. The quantitative estimate of drug-likeness (QED) is 0.587. The van der Waals surface area contributed by atoms with Gasteiger partial charge in [0.05, 0.1) is 11.6 Å². The molecule has 0 radical (unpaired) electrons. The van der Waals surface area contributed by atoms with Gasteiger partial charge >= 0.3 is 0 Å². The van der Waals surface area contributed by atoms with Crippen molar-refractivity contribution >= 4 is 0 Å². The summed E-state index contributed by atoms with van der Waals surface area (Å²) in [6, 6.07) is 10.9. The highest BCUT2D eigenvalue weighted by Gasteiger charge is 2.51. The molecular formula is C16H26N2O. The Bertz CT molecular complexity index is 381. The molecule has 2 rings (SSSR count). The Balaban J connectivity index is 2.13. The molecule has 3 N–H and O–H groups in total. The van der Waals surface area contributed by atoms with E-state index in [9.17, 15) is 0 Å². The van der Waals surface area contributed by atoms with Gasteiger partial charge in [0.2, 0.25) is 0 Å². The molecule has 3 heteroatoms. The van der Waals surface area contributed by atoms with E-state index >= 15 is 0 Å². The fourth-order valence-electron chi connectivity index (χ4n) is 3.44. The summed E-state index contributed by atoms with van der Waals surface area (Å²) in [5, 5.41) is 0. The fourth-order valence-corrected chi connectivity index (χ4v) is 3.44. The van der Waals surface area contributed by atoms with Gasteiger partial charge in [0.25, 0.3) is 0 Å². The molecule has 1 aromatic carbocycles. The molecule has 1 fully saturated rings. The van der Waals surface area contributed by atoms with E-state index in [1.807, 2.05) is 0 Å². The third kappa shape index (κ3) is 2.69. The Morgan fingerprint density at radius 3 is 2.42 bits per heavy atom. The number of rotatable bonds is 7. The molecule has 0 saturated heterocycles. The van der Waals surface area contributed by atoms with Gasteiger partial charge in [-0.15, -0.1) is 0 Å². The van der Waals surface area contributed by atoms with E-state index in [2.05, 4.69) is 49.6 Å². The second kappa shape index (κ2) is 6.04. The van der Waals surface area contributed by atoms with Crippen LogP contribution in [0.4, 0.5) is 0 Å². The number of methoxy groups -OCH3 is 1. The molecule has 0 aliphatic heterocycles. The molecule has 0 amide bonds. The lowest BCUT2D eigenvalue weighted by Gasteiger charge is -2.38. The number of hydrogen-bond donors (Lipinski definition) is 2. The van der Waals surface area contributed by atoms with Crippen LogP contribution in [-0.4, -0.2) is 18.8 Å². The summed E-state index contributed by atoms with van der Waals surface area (Å²) in [7, 11) is 1.80. The maximum absolute atomic E-state index is 5.84. The molecule has 3 nitrogen and oxygen atoms in total. The van der Waals surface area contributed by atoms with Crippen molar-refractivity contribution in [3.8, 4) is 0 Å². The minimum absolute atomic E-state index is 0.150. The second-order valence-corrected chi connectivity index (χ2v) is 5.54. The van der Waals surface area contributed by atoms with Crippen LogP contribution in [0.2, 0.25) is 0 Å². The van der Waals surface area contributed by atoms with Crippen molar-refractivity contribution in [1.82, 2.24) is 5.43 Å². The Labute approximate surface area is 116 Å². The highest BCUT2D eigenvalue weighted by molar-refractivity contribution is 5.27. The average Bonchev–Trinajstić information content (AvgIpc) is 3.26. The zero-order chi connectivity index (χ0) is 13.9. The lowest BCUT2D eigenvalue weighted by atomic mass is 9.84. The van der Waals surface area contributed by atoms with E-state index in [-0.39, 0.29) is 11.6 Å². The SMILES string of the molecule is CCC(CC)(OC)C(NN)C1CC1c1ccccc1. The molecule has 3 unspecified atom stereocenters. The van der Waals surface area contributed by atoms with Gasteiger partial charge in [0.1, 0.15) is 0 Å². The maximum atomic E-state index is 5.84. The highest BCUT2D eigenvalue weighted by Crippen LogP contribution is 2.52. The van der Waals surface area contributed by atoms with Crippen LogP contribution >= 0.6 is 0 Å². The lowest BCUT2D eigenvalue weighted by molar-refractivity contribution is -0.0537. The van der Waals surface area contributed by atoms with Crippen LogP contribution in [0.15, 0.2) is 30.3 Å². The van der Waals surface area contributed by atoms with Crippen LogP contribution in [0.1, 0.15) is 44.6 Å². The number of hydrazine groups is 1. The Hall–Kier alpha value is -0.900. The third-order valence-electron chi connectivity index (χ3n) is 4.85. The van der Waals surface area contributed by atoms with Gasteiger partial charge in [-0.1, -0.05) is 44.2 Å². The van der Waals surface area contributed by atoms with Crippen molar-refractivity contribution in [3.63, 3.8) is 0 Å². The summed E-state index contributed by atoms with van der Waals surface area (Å²) in [6.45, 7) is 4.36. The van der Waals surface area contributed by atoms with Gasteiger partial charge in [-0.3, -0.25) is 11.3 Å². The van der Waals surface area contributed by atoms with Gasteiger partial charge in [-0.05, 0) is 36.7 Å². The molecule has 106 valence electrons. The molecule has 1 aromatic rings. The molecule has 0 spiro atoms. The second-order valence-electron chi connectivity index (χ2n) is 5.54. The third-order valence-corrected chi connectivity index (χ3v) is 4.85. The van der Waals surface area contributed by atoms with Gasteiger partial charge in [-0.25, -0.2) is 0 Å². The van der Waals surface area contributed by atoms with Crippen molar-refractivity contribution < 1.29 is 4.74 Å². The highest BCUT2D eigenvalue weighted by atomic mass is 16.5. The standard InChI is InChI=1S/C16H26N2O/c1-4-16(5-2,19-3)15(18-17)14-11-13(14)12-9-7-6-8-10-12/h6-10,13-15,18H,4-5,11,17H2,1-3H3. The molecule has 0 heterocycles. The zero-order valence-corrected chi connectivity index (χ0v) is 12.2. The normalized spacial score (nSPS) is 24.2. The van der Waals surface area contributed by atoms with E-state index in [0.717, 1.165) is 12.8 Å².